The standard InChI is InChI=1S/C30H33BrN4O/c31-23-15-13-21(14-16-23)20-32-34-29-33-27-25-12-6-5-9-22(25)19-30(17-7-2-8-18-30)26(27)28(36)35(29)24-10-3-1-4-11-24/h5-6,9,12-16,20,24H,1-4,7-8,10-11,17-19H2,(H,33,34)/b32-20-. The number of aromatic nitrogens is 2. The van der Waals surface area contributed by atoms with Gasteiger partial charge < -0.3 is 0 Å². The first kappa shape index (κ1) is 23.7. The van der Waals surface area contributed by atoms with Gasteiger partial charge in [-0.3, -0.25) is 9.36 Å². The van der Waals surface area contributed by atoms with Gasteiger partial charge >= 0.3 is 0 Å². The Morgan fingerprint density at radius 3 is 2.47 bits per heavy atom. The molecule has 2 saturated carbocycles. The predicted octanol–water partition coefficient (Wildman–Crippen LogP) is 7.38. The monoisotopic (exact) mass is 544 g/mol. The van der Waals surface area contributed by atoms with Crippen LogP contribution in [-0.2, 0) is 11.8 Å². The van der Waals surface area contributed by atoms with Gasteiger partial charge in [0.05, 0.1) is 17.5 Å². The molecule has 0 saturated heterocycles. The maximum atomic E-state index is 14.5. The van der Waals surface area contributed by atoms with Gasteiger partial charge in [0.1, 0.15) is 0 Å². The summed E-state index contributed by atoms with van der Waals surface area (Å²) in [6, 6.07) is 16.7. The third-order valence-corrected chi connectivity index (χ3v) is 8.97. The minimum absolute atomic E-state index is 0.0956. The second-order valence-electron chi connectivity index (χ2n) is 10.7. The first-order valence-electron chi connectivity index (χ1n) is 13.4. The third-order valence-electron chi connectivity index (χ3n) is 8.45. The second-order valence-corrected chi connectivity index (χ2v) is 11.6. The summed E-state index contributed by atoms with van der Waals surface area (Å²) in [6.45, 7) is 0. The van der Waals surface area contributed by atoms with Crippen LogP contribution >= 0.6 is 15.9 Å². The molecule has 1 spiro atoms. The van der Waals surface area contributed by atoms with Gasteiger partial charge in [-0.1, -0.05) is 90.9 Å². The SMILES string of the molecule is O=c1c2c(nc(N/N=C\c3ccc(Br)cc3)n1C1CCCCC1)-c1ccccc1CC21CCCCC1. The molecule has 6 rings (SSSR count). The predicted molar refractivity (Wildman–Crippen MR) is 150 cm³/mol. The lowest BCUT2D eigenvalue weighted by Crippen LogP contribution is -2.44. The smallest absolute Gasteiger partial charge is 0.259 e. The molecular formula is C30H33BrN4O. The van der Waals surface area contributed by atoms with Gasteiger partial charge in [0, 0.05) is 21.5 Å². The lowest BCUT2D eigenvalue weighted by molar-refractivity contribution is 0.278. The van der Waals surface area contributed by atoms with Crippen LogP contribution in [0.4, 0.5) is 5.95 Å². The van der Waals surface area contributed by atoms with E-state index < -0.39 is 0 Å². The largest absolute Gasteiger partial charge is 0.274 e. The van der Waals surface area contributed by atoms with Crippen molar-refractivity contribution in [2.45, 2.75) is 82.1 Å². The molecule has 0 atom stereocenters. The summed E-state index contributed by atoms with van der Waals surface area (Å²) in [4.78, 5) is 19.7. The van der Waals surface area contributed by atoms with Crippen LogP contribution in [0.1, 0.15) is 86.9 Å². The fourth-order valence-electron chi connectivity index (χ4n) is 6.69. The number of fused-ring (bicyclic) bond motifs is 4. The summed E-state index contributed by atoms with van der Waals surface area (Å²) in [7, 11) is 0. The minimum atomic E-state index is -0.0956. The van der Waals surface area contributed by atoms with Crippen molar-refractivity contribution in [3.8, 4) is 11.3 Å². The molecule has 0 bridgehead atoms. The summed E-state index contributed by atoms with van der Waals surface area (Å²) in [5.74, 6) is 0.571. The molecule has 36 heavy (non-hydrogen) atoms. The Bertz CT molecular complexity index is 1330. The Hall–Kier alpha value is -2.73. The first-order chi connectivity index (χ1) is 17.6. The summed E-state index contributed by atoms with van der Waals surface area (Å²) < 4.78 is 3.01. The van der Waals surface area contributed by atoms with Crippen LogP contribution in [0.25, 0.3) is 11.3 Å². The number of benzene rings is 2. The summed E-state index contributed by atoms with van der Waals surface area (Å²) in [6.07, 6.45) is 14.1. The molecular weight excluding hydrogens is 512 g/mol. The van der Waals surface area contributed by atoms with E-state index in [-0.39, 0.29) is 17.0 Å². The van der Waals surface area contributed by atoms with Crippen LogP contribution in [0, 0.1) is 0 Å². The normalized spacial score (nSPS) is 19.2. The van der Waals surface area contributed by atoms with Crippen LogP contribution in [0.5, 0.6) is 0 Å². The van der Waals surface area contributed by atoms with E-state index in [0.717, 1.165) is 71.8 Å². The Morgan fingerprint density at radius 1 is 0.972 bits per heavy atom. The maximum absolute atomic E-state index is 14.5. The zero-order valence-corrected chi connectivity index (χ0v) is 22.3. The average molecular weight is 546 g/mol. The molecule has 0 radical (unpaired) electrons. The average Bonchev–Trinajstić information content (AvgIpc) is 2.91. The van der Waals surface area contributed by atoms with Crippen molar-refractivity contribution in [1.82, 2.24) is 9.55 Å². The molecule has 1 aromatic heterocycles. The van der Waals surface area contributed by atoms with Crippen molar-refractivity contribution in [1.29, 1.82) is 0 Å². The van der Waals surface area contributed by atoms with Gasteiger partial charge in [0.15, 0.2) is 0 Å². The van der Waals surface area contributed by atoms with Gasteiger partial charge in [-0.2, -0.15) is 5.10 Å². The zero-order chi connectivity index (χ0) is 24.5. The van der Waals surface area contributed by atoms with Gasteiger partial charge in [-0.25, -0.2) is 10.4 Å². The number of anilines is 1. The van der Waals surface area contributed by atoms with Crippen molar-refractivity contribution in [3.05, 3.63) is 80.0 Å². The molecule has 3 aliphatic carbocycles. The maximum Gasteiger partial charge on any atom is 0.259 e. The van der Waals surface area contributed by atoms with Crippen LogP contribution < -0.4 is 11.0 Å². The van der Waals surface area contributed by atoms with Crippen molar-refractivity contribution in [2.75, 3.05) is 5.43 Å². The number of hydrogen-bond acceptors (Lipinski definition) is 4. The Morgan fingerprint density at radius 2 is 1.69 bits per heavy atom. The van der Waals surface area contributed by atoms with Gasteiger partial charge in [0.25, 0.3) is 5.56 Å². The van der Waals surface area contributed by atoms with Crippen molar-refractivity contribution in [3.63, 3.8) is 0 Å². The highest BCUT2D eigenvalue weighted by Gasteiger charge is 2.44. The minimum Gasteiger partial charge on any atom is -0.274 e. The van der Waals surface area contributed by atoms with Gasteiger partial charge in [0.2, 0.25) is 5.95 Å². The Labute approximate surface area is 221 Å². The van der Waals surface area contributed by atoms with E-state index in [1.165, 1.54) is 31.2 Å². The van der Waals surface area contributed by atoms with E-state index in [4.69, 9.17) is 4.98 Å². The summed E-state index contributed by atoms with van der Waals surface area (Å²) in [5, 5.41) is 4.53. The molecule has 0 unspecified atom stereocenters. The number of hydrazone groups is 1. The van der Waals surface area contributed by atoms with Crippen LogP contribution in [0.2, 0.25) is 0 Å². The number of halogens is 1. The zero-order valence-electron chi connectivity index (χ0n) is 20.7. The van der Waals surface area contributed by atoms with Crippen molar-refractivity contribution < 1.29 is 0 Å². The Kier molecular flexibility index (Phi) is 6.55. The molecule has 186 valence electrons. The summed E-state index contributed by atoms with van der Waals surface area (Å²) in [5.41, 5.74) is 8.51. The van der Waals surface area contributed by atoms with E-state index in [0.29, 0.717) is 5.95 Å². The molecule has 1 heterocycles. The van der Waals surface area contributed by atoms with E-state index in [1.54, 1.807) is 6.21 Å². The fraction of sp³-hybridized carbons (Fsp3) is 0.433. The highest BCUT2D eigenvalue weighted by molar-refractivity contribution is 9.10. The lowest BCUT2D eigenvalue weighted by Gasteiger charge is -2.42. The Balaban J connectivity index is 1.50. The number of nitrogens with one attached hydrogen (secondary N) is 1. The first-order valence-corrected chi connectivity index (χ1v) is 14.2. The van der Waals surface area contributed by atoms with E-state index >= 15 is 0 Å². The number of nitrogens with zero attached hydrogens (tertiary/aromatic N) is 3. The number of hydrogen-bond donors (Lipinski definition) is 1. The molecule has 3 aliphatic rings. The van der Waals surface area contributed by atoms with Crippen LogP contribution in [-0.4, -0.2) is 15.8 Å². The molecule has 1 N–H and O–H groups in total. The highest BCUT2D eigenvalue weighted by Crippen LogP contribution is 2.49. The molecule has 5 nitrogen and oxygen atoms in total. The van der Waals surface area contributed by atoms with Gasteiger partial charge in [-0.05, 0) is 55.4 Å². The topological polar surface area (TPSA) is 59.3 Å². The lowest BCUT2D eigenvalue weighted by atomic mass is 9.62. The molecule has 2 fully saturated rings. The van der Waals surface area contributed by atoms with E-state index in [1.807, 2.05) is 28.8 Å². The van der Waals surface area contributed by atoms with Crippen molar-refractivity contribution in [2.24, 2.45) is 5.10 Å². The second kappa shape index (κ2) is 9.97. The fourth-order valence-corrected chi connectivity index (χ4v) is 6.95. The molecule has 0 aliphatic heterocycles. The molecule has 2 aromatic carbocycles. The molecule has 6 heteroatoms. The van der Waals surface area contributed by atoms with Gasteiger partial charge in [-0.15, -0.1) is 0 Å². The van der Waals surface area contributed by atoms with Crippen LogP contribution in [0.15, 0.2) is 62.9 Å². The number of rotatable bonds is 4. The quantitative estimate of drug-likeness (QED) is 0.275. The van der Waals surface area contributed by atoms with E-state index in [2.05, 4.69) is 50.7 Å². The van der Waals surface area contributed by atoms with Crippen molar-refractivity contribution >= 4 is 28.1 Å². The van der Waals surface area contributed by atoms with E-state index in [9.17, 15) is 4.79 Å². The molecule has 3 aromatic rings. The summed E-state index contributed by atoms with van der Waals surface area (Å²) >= 11 is 3.48. The van der Waals surface area contributed by atoms with Crippen LogP contribution in [0.3, 0.4) is 0 Å². The molecule has 0 amide bonds. The third kappa shape index (κ3) is 4.34. The highest BCUT2D eigenvalue weighted by atomic mass is 79.9.